The van der Waals surface area contributed by atoms with Gasteiger partial charge in [-0.25, -0.2) is 4.39 Å². The molecule has 3 nitrogen and oxygen atoms in total. The van der Waals surface area contributed by atoms with Crippen LogP contribution < -0.4 is 10.6 Å². The molecule has 0 radical (unpaired) electrons. The highest BCUT2D eigenvalue weighted by molar-refractivity contribution is 5.90. The predicted octanol–water partition coefficient (Wildman–Crippen LogP) is 1.68. The van der Waals surface area contributed by atoms with E-state index in [9.17, 15) is 9.18 Å². The van der Waals surface area contributed by atoms with Crippen molar-refractivity contribution in [3.63, 3.8) is 0 Å². The third-order valence-electron chi connectivity index (χ3n) is 2.06. The lowest BCUT2D eigenvalue weighted by atomic mass is 10.2. The molecule has 0 heterocycles. The third kappa shape index (κ3) is 3.67. The number of rotatable bonds is 4. The van der Waals surface area contributed by atoms with Crippen molar-refractivity contribution in [1.82, 2.24) is 5.32 Å². The molecule has 1 aromatic rings. The van der Waals surface area contributed by atoms with Gasteiger partial charge in [0.15, 0.2) is 0 Å². The van der Waals surface area contributed by atoms with Gasteiger partial charge in [0.25, 0.3) is 0 Å². The molecule has 82 valence electrons. The highest BCUT2D eigenvalue weighted by Gasteiger charge is 2.03. The van der Waals surface area contributed by atoms with Gasteiger partial charge in [0, 0.05) is 18.7 Å². The number of anilines is 1. The molecule has 1 rings (SSSR count). The predicted molar refractivity (Wildman–Crippen MR) is 58.3 cm³/mol. The molecule has 0 saturated heterocycles. The minimum Gasteiger partial charge on any atom is -0.326 e. The maximum atomic E-state index is 13.1. The molecular formula is C11H15FN2O. The first-order valence-corrected chi connectivity index (χ1v) is 4.84. The molecule has 0 unspecified atom stereocenters. The number of benzene rings is 1. The van der Waals surface area contributed by atoms with Crippen molar-refractivity contribution >= 4 is 11.6 Å². The fourth-order valence-electron chi connectivity index (χ4n) is 1.13. The Morgan fingerprint density at radius 1 is 1.47 bits per heavy atom. The van der Waals surface area contributed by atoms with E-state index in [1.165, 1.54) is 6.07 Å². The summed E-state index contributed by atoms with van der Waals surface area (Å²) in [6.45, 7) is 2.29. The van der Waals surface area contributed by atoms with E-state index in [1.807, 2.05) is 0 Å². The number of nitrogens with one attached hydrogen (secondary N) is 2. The number of aryl methyl sites for hydroxylation is 1. The molecular weight excluding hydrogens is 195 g/mol. The van der Waals surface area contributed by atoms with Gasteiger partial charge in [-0.2, -0.15) is 0 Å². The van der Waals surface area contributed by atoms with Gasteiger partial charge >= 0.3 is 0 Å². The van der Waals surface area contributed by atoms with Crippen molar-refractivity contribution in [1.29, 1.82) is 0 Å². The summed E-state index contributed by atoms with van der Waals surface area (Å²) in [5.74, 6) is -0.422. The largest absolute Gasteiger partial charge is 0.326 e. The van der Waals surface area contributed by atoms with E-state index in [4.69, 9.17) is 0 Å². The molecule has 0 aromatic heterocycles. The lowest BCUT2D eigenvalue weighted by molar-refractivity contribution is -0.116. The number of carbonyl (C=O) groups excluding carboxylic acids is 1. The standard InChI is InChI=1S/C11H15FN2O/c1-8-3-4-9(7-10(8)12)14-11(15)5-6-13-2/h3-4,7,13H,5-6H2,1-2H3,(H,14,15). The summed E-state index contributed by atoms with van der Waals surface area (Å²) in [5, 5.41) is 5.50. The van der Waals surface area contributed by atoms with Crippen LogP contribution in [0.25, 0.3) is 0 Å². The molecule has 0 spiro atoms. The molecule has 4 heteroatoms. The second-order valence-electron chi connectivity index (χ2n) is 3.37. The van der Waals surface area contributed by atoms with Gasteiger partial charge < -0.3 is 10.6 Å². The minimum absolute atomic E-state index is 0.118. The molecule has 0 saturated carbocycles. The quantitative estimate of drug-likeness (QED) is 0.794. The van der Waals surface area contributed by atoms with E-state index in [0.29, 0.717) is 24.2 Å². The topological polar surface area (TPSA) is 41.1 Å². The number of hydrogen-bond donors (Lipinski definition) is 2. The Labute approximate surface area is 88.7 Å². The summed E-state index contributed by atoms with van der Waals surface area (Å²) in [5.41, 5.74) is 1.07. The smallest absolute Gasteiger partial charge is 0.225 e. The van der Waals surface area contributed by atoms with Crippen LogP contribution in [0.5, 0.6) is 0 Å². The summed E-state index contributed by atoms with van der Waals surface area (Å²) in [7, 11) is 1.78. The Morgan fingerprint density at radius 3 is 2.80 bits per heavy atom. The summed E-state index contributed by atoms with van der Waals surface area (Å²) in [6.07, 6.45) is 0.381. The van der Waals surface area contributed by atoms with Gasteiger partial charge in [0.1, 0.15) is 5.82 Å². The summed E-state index contributed by atoms with van der Waals surface area (Å²) in [4.78, 5) is 11.3. The van der Waals surface area contributed by atoms with Crippen LogP contribution in [-0.2, 0) is 4.79 Å². The van der Waals surface area contributed by atoms with Crippen LogP contribution in [0.2, 0.25) is 0 Å². The second kappa shape index (κ2) is 5.46. The Balaban J connectivity index is 2.57. The van der Waals surface area contributed by atoms with E-state index in [-0.39, 0.29) is 11.7 Å². The van der Waals surface area contributed by atoms with Crippen molar-refractivity contribution in [2.75, 3.05) is 18.9 Å². The number of carbonyl (C=O) groups is 1. The zero-order valence-corrected chi connectivity index (χ0v) is 8.93. The highest BCUT2D eigenvalue weighted by Crippen LogP contribution is 2.13. The molecule has 1 aromatic carbocycles. The third-order valence-corrected chi connectivity index (χ3v) is 2.06. The molecule has 2 N–H and O–H groups in total. The molecule has 0 aliphatic rings. The van der Waals surface area contributed by atoms with Crippen molar-refractivity contribution < 1.29 is 9.18 Å². The molecule has 0 aliphatic carbocycles. The average Bonchev–Trinajstić information content (AvgIpc) is 2.20. The van der Waals surface area contributed by atoms with Crippen LogP contribution in [0.4, 0.5) is 10.1 Å². The maximum Gasteiger partial charge on any atom is 0.225 e. The fourth-order valence-corrected chi connectivity index (χ4v) is 1.13. The summed E-state index contributed by atoms with van der Waals surface area (Å²) >= 11 is 0. The van der Waals surface area contributed by atoms with Crippen LogP contribution in [-0.4, -0.2) is 19.5 Å². The van der Waals surface area contributed by atoms with E-state index in [2.05, 4.69) is 10.6 Å². The second-order valence-corrected chi connectivity index (χ2v) is 3.37. The SMILES string of the molecule is CNCCC(=O)Nc1ccc(C)c(F)c1. The van der Waals surface area contributed by atoms with E-state index in [0.717, 1.165) is 0 Å². The number of hydrogen-bond acceptors (Lipinski definition) is 2. The Hall–Kier alpha value is -1.42. The first-order chi connectivity index (χ1) is 7.13. The minimum atomic E-state index is -0.304. The number of halogens is 1. The average molecular weight is 210 g/mol. The lowest BCUT2D eigenvalue weighted by Gasteiger charge is -2.05. The molecule has 15 heavy (non-hydrogen) atoms. The number of amides is 1. The van der Waals surface area contributed by atoms with E-state index in [1.54, 1.807) is 26.1 Å². The van der Waals surface area contributed by atoms with Crippen molar-refractivity contribution in [2.24, 2.45) is 0 Å². The first-order valence-electron chi connectivity index (χ1n) is 4.84. The Kier molecular flexibility index (Phi) is 4.24. The van der Waals surface area contributed by atoms with Gasteiger partial charge in [0.2, 0.25) is 5.91 Å². The Bertz CT molecular complexity index is 352. The van der Waals surface area contributed by atoms with Gasteiger partial charge in [-0.3, -0.25) is 4.79 Å². The Morgan fingerprint density at radius 2 is 2.20 bits per heavy atom. The van der Waals surface area contributed by atoms with Crippen molar-refractivity contribution in [2.45, 2.75) is 13.3 Å². The van der Waals surface area contributed by atoms with E-state index < -0.39 is 0 Å². The zero-order valence-electron chi connectivity index (χ0n) is 8.93. The van der Waals surface area contributed by atoms with Gasteiger partial charge in [-0.1, -0.05) is 6.07 Å². The highest BCUT2D eigenvalue weighted by atomic mass is 19.1. The fraction of sp³-hybridized carbons (Fsp3) is 0.364. The molecule has 0 bridgehead atoms. The summed E-state index contributed by atoms with van der Waals surface area (Å²) < 4.78 is 13.1. The van der Waals surface area contributed by atoms with Gasteiger partial charge in [-0.05, 0) is 31.7 Å². The van der Waals surface area contributed by atoms with Gasteiger partial charge in [-0.15, -0.1) is 0 Å². The van der Waals surface area contributed by atoms with Crippen LogP contribution in [0.15, 0.2) is 18.2 Å². The molecule has 0 aliphatic heterocycles. The van der Waals surface area contributed by atoms with E-state index >= 15 is 0 Å². The first kappa shape index (κ1) is 11.7. The molecule has 1 amide bonds. The van der Waals surface area contributed by atoms with Crippen molar-refractivity contribution in [3.8, 4) is 0 Å². The van der Waals surface area contributed by atoms with Crippen LogP contribution in [0, 0.1) is 12.7 Å². The summed E-state index contributed by atoms with van der Waals surface area (Å²) in [6, 6.07) is 4.66. The van der Waals surface area contributed by atoms with Crippen LogP contribution in [0.3, 0.4) is 0 Å². The van der Waals surface area contributed by atoms with Crippen LogP contribution >= 0.6 is 0 Å². The van der Waals surface area contributed by atoms with Crippen molar-refractivity contribution in [3.05, 3.63) is 29.6 Å². The zero-order chi connectivity index (χ0) is 11.3. The normalized spacial score (nSPS) is 10.1. The maximum absolute atomic E-state index is 13.1. The van der Waals surface area contributed by atoms with Crippen LogP contribution in [0.1, 0.15) is 12.0 Å². The van der Waals surface area contributed by atoms with Gasteiger partial charge in [0.05, 0.1) is 0 Å². The molecule has 0 fully saturated rings. The lowest BCUT2D eigenvalue weighted by Crippen LogP contribution is -2.18. The molecule has 0 atom stereocenters. The monoisotopic (exact) mass is 210 g/mol.